The zero-order valence-corrected chi connectivity index (χ0v) is 7.06. The van der Waals surface area contributed by atoms with E-state index in [9.17, 15) is 5.11 Å². The molecule has 66 valence electrons. The molecular formula is C9H8N2O2. The van der Waals surface area contributed by atoms with E-state index in [1.54, 1.807) is 12.1 Å². The SMILES string of the molecule is COc1ccc2c(O)ccnc2n1. The summed E-state index contributed by atoms with van der Waals surface area (Å²) in [6.07, 6.45) is 1.50. The van der Waals surface area contributed by atoms with Crippen LogP contribution >= 0.6 is 0 Å². The predicted octanol–water partition coefficient (Wildman–Crippen LogP) is 1.34. The Balaban J connectivity index is 2.72. The maximum Gasteiger partial charge on any atom is 0.215 e. The Labute approximate surface area is 74.8 Å². The van der Waals surface area contributed by atoms with E-state index in [1.165, 1.54) is 19.4 Å². The van der Waals surface area contributed by atoms with E-state index >= 15 is 0 Å². The van der Waals surface area contributed by atoms with Crippen molar-refractivity contribution < 1.29 is 9.84 Å². The van der Waals surface area contributed by atoms with Gasteiger partial charge in [0.2, 0.25) is 5.88 Å². The lowest BCUT2D eigenvalue weighted by Crippen LogP contribution is -1.89. The topological polar surface area (TPSA) is 55.2 Å². The Bertz CT molecular complexity index is 443. The van der Waals surface area contributed by atoms with Crippen LogP contribution in [0, 0.1) is 0 Å². The summed E-state index contributed by atoms with van der Waals surface area (Å²) in [5.74, 6) is 0.672. The number of hydrogen-bond acceptors (Lipinski definition) is 4. The van der Waals surface area contributed by atoms with Crippen LogP contribution in [0.1, 0.15) is 0 Å². The summed E-state index contributed by atoms with van der Waals surface area (Å²) in [6, 6.07) is 4.93. The first-order valence-corrected chi connectivity index (χ1v) is 3.80. The summed E-state index contributed by atoms with van der Waals surface area (Å²) in [5, 5.41) is 10.0. The number of pyridine rings is 2. The molecule has 2 aromatic rings. The minimum atomic E-state index is 0.181. The third kappa shape index (κ3) is 1.26. The van der Waals surface area contributed by atoms with Crippen LogP contribution in [0.3, 0.4) is 0 Å². The fourth-order valence-electron chi connectivity index (χ4n) is 1.11. The van der Waals surface area contributed by atoms with Crippen LogP contribution in [-0.2, 0) is 0 Å². The van der Waals surface area contributed by atoms with Gasteiger partial charge in [-0.15, -0.1) is 0 Å². The Morgan fingerprint density at radius 2 is 2.15 bits per heavy atom. The fraction of sp³-hybridized carbons (Fsp3) is 0.111. The molecule has 0 saturated heterocycles. The van der Waals surface area contributed by atoms with Gasteiger partial charge in [0.15, 0.2) is 5.65 Å². The van der Waals surface area contributed by atoms with Crippen LogP contribution in [0.4, 0.5) is 0 Å². The van der Waals surface area contributed by atoms with Gasteiger partial charge in [0.1, 0.15) is 5.75 Å². The molecule has 0 bridgehead atoms. The van der Waals surface area contributed by atoms with Gasteiger partial charge >= 0.3 is 0 Å². The van der Waals surface area contributed by atoms with Crippen LogP contribution in [0.25, 0.3) is 11.0 Å². The molecule has 2 rings (SSSR count). The smallest absolute Gasteiger partial charge is 0.215 e. The second-order valence-corrected chi connectivity index (χ2v) is 2.55. The van der Waals surface area contributed by atoms with Crippen molar-refractivity contribution in [2.45, 2.75) is 0 Å². The first-order valence-electron chi connectivity index (χ1n) is 3.80. The highest BCUT2D eigenvalue weighted by molar-refractivity contribution is 5.81. The highest BCUT2D eigenvalue weighted by Gasteiger charge is 2.02. The van der Waals surface area contributed by atoms with Crippen LogP contribution in [0.5, 0.6) is 11.6 Å². The molecule has 0 atom stereocenters. The van der Waals surface area contributed by atoms with Gasteiger partial charge in [0.25, 0.3) is 0 Å². The maximum absolute atomic E-state index is 9.41. The van der Waals surface area contributed by atoms with Crippen molar-refractivity contribution in [1.29, 1.82) is 0 Å². The molecule has 2 aromatic heterocycles. The van der Waals surface area contributed by atoms with Crippen LogP contribution in [-0.4, -0.2) is 22.2 Å². The van der Waals surface area contributed by atoms with Gasteiger partial charge in [-0.2, -0.15) is 4.98 Å². The minimum Gasteiger partial charge on any atom is -0.507 e. The lowest BCUT2D eigenvalue weighted by molar-refractivity contribution is 0.399. The predicted molar refractivity (Wildman–Crippen MR) is 47.8 cm³/mol. The highest BCUT2D eigenvalue weighted by atomic mass is 16.5. The number of ether oxygens (including phenoxy) is 1. The van der Waals surface area contributed by atoms with Gasteiger partial charge in [0, 0.05) is 12.3 Å². The first-order chi connectivity index (χ1) is 6.31. The average molecular weight is 176 g/mol. The van der Waals surface area contributed by atoms with Crippen LogP contribution in [0.2, 0.25) is 0 Å². The number of aromatic hydroxyl groups is 1. The van der Waals surface area contributed by atoms with Crippen molar-refractivity contribution in [2.24, 2.45) is 0 Å². The van der Waals surface area contributed by atoms with Gasteiger partial charge in [0.05, 0.1) is 12.5 Å². The number of aromatic nitrogens is 2. The van der Waals surface area contributed by atoms with E-state index in [0.29, 0.717) is 16.9 Å². The minimum absolute atomic E-state index is 0.181. The average Bonchev–Trinajstić information content (AvgIpc) is 2.18. The maximum atomic E-state index is 9.41. The highest BCUT2D eigenvalue weighted by Crippen LogP contribution is 2.22. The molecule has 0 unspecified atom stereocenters. The monoisotopic (exact) mass is 176 g/mol. The van der Waals surface area contributed by atoms with Crippen LogP contribution in [0.15, 0.2) is 24.4 Å². The molecule has 0 aliphatic carbocycles. The van der Waals surface area contributed by atoms with Crippen molar-refractivity contribution in [3.05, 3.63) is 24.4 Å². The Hall–Kier alpha value is -1.84. The van der Waals surface area contributed by atoms with Gasteiger partial charge < -0.3 is 9.84 Å². The number of hydrogen-bond donors (Lipinski definition) is 1. The second kappa shape index (κ2) is 2.90. The summed E-state index contributed by atoms with van der Waals surface area (Å²) in [4.78, 5) is 8.06. The third-order valence-corrected chi connectivity index (χ3v) is 1.76. The molecular weight excluding hydrogens is 168 g/mol. The number of nitrogens with zero attached hydrogens (tertiary/aromatic N) is 2. The molecule has 1 N–H and O–H groups in total. The van der Waals surface area contributed by atoms with Crippen molar-refractivity contribution in [3.63, 3.8) is 0 Å². The summed E-state index contributed by atoms with van der Waals surface area (Å²) in [7, 11) is 1.54. The van der Waals surface area contributed by atoms with Crippen molar-refractivity contribution >= 4 is 11.0 Å². The standard InChI is InChI=1S/C9H8N2O2/c1-13-8-3-2-6-7(12)4-5-10-9(6)11-8/h2-5H,1H3,(H,10,11,12). The molecule has 4 heteroatoms. The molecule has 0 aliphatic heterocycles. The molecule has 13 heavy (non-hydrogen) atoms. The molecule has 0 spiro atoms. The molecule has 0 radical (unpaired) electrons. The molecule has 0 fully saturated rings. The normalized spacial score (nSPS) is 10.2. The van der Waals surface area contributed by atoms with Gasteiger partial charge in [-0.25, -0.2) is 4.98 Å². The molecule has 2 heterocycles. The molecule has 0 aromatic carbocycles. The Morgan fingerprint density at radius 1 is 1.31 bits per heavy atom. The van der Waals surface area contributed by atoms with Crippen molar-refractivity contribution in [2.75, 3.05) is 7.11 Å². The number of methoxy groups -OCH3 is 1. The summed E-state index contributed by atoms with van der Waals surface area (Å²) in [5.41, 5.74) is 0.486. The van der Waals surface area contributed by atoms with E-state index in [0.717, 1.165) is 0 Å². The number of fused-ring (bicyclic) bond motifs is 1. The van der Waals surface area contributed by atoms with Gasteiger partial charge in [-0.05, 0) is 12.1 Å². The first kappa shape index (κ1) is 7.79. The van der Waals surface area contributed by atoms with Gasteiger partial charge in [-0.1, -0.05) is 0 Å². The van der Waals surface area contributed by atoms with Crippen LogP contribution < -0.4 is 4.74 Å². The van der Waals surface area contributed by atoms with Crippen molar-refractivity contribution in [3.8, 4) is 11.6 Å². The Kier molecular flexibility index (Phi) is 1.73. The van der Waals surface area contributed by atoms with Crippen molar-refractivity contribution in [1.82, 2.24) is 9.97 Å². The summed E-state index contributed by atoms with van der Waals surface area (Å²) < 4.78 is 4.93. The van der Waals surface area contributed by atoms with E-state index in [4.69, 9.17) is 4.74 Å². The summed E-state index contributed by atoms with van der Waals surface area (Å²) in [6.45, 7) is 0. The molecule has 0 aliphatic rings. The van der Waals surface area contributed by atoms with E-state index in [-0.39, 0.29) is 5.75 Å². The lowest BCUT2D eigenvalue weighted by Gasteiger charge is -2.01. The van der Waals surface area contributed by atoms with Gasteiger partial charge in [-0.3, -0.25) is 0 Å². The molecule has 4 nitrogen and oxygen atoms in total. The zero-order chi connectivity index (χ0) is 9.26. The van der Waals surface area contributed by atoms with E-state index < -0.39 is 0 Å². The summed E-state index contributed by atoms with van der Waals surface area (Å²) >= 11 is 0. The zero-order valence-electron chi connectivity index (χ0n) is 7.06. The Morgan fingerprint density at radius 3 is 2.92 bits per heavy atom. The molecule has 0 amide bonds. The quantitative estimate of drug-likeness (QED) is 0.712. The largest absolute Gasteiger partial charge is 0.507 e. The molecule has 0 saturated carbocycles. The second-order valence-electron chi connectivity index (χ2n) is 2.55. The number of rotatable bonds is 1. The third-order valence-electron chi connectivity index (χ3n) is 1.76. The fourth-order valence-corrected chi connectivity index (χ4v) is 1.11. The van der Waals surface area contributed by atoms with E-state index in [2.05, 4.69) is 9.97 Å². The van der Waals surface area contributed by atoms with E-state index in [1.807, 2.05) is 0 Å². The lowest BCUT2D eigenvalue weighted by atomic mass is 10.3.